The van der Waals surface area contributed by atoms with E-state index >= 15 is 0 Å². The van der Waals surface area contributed by atoms with E-state index in [1.807, 2.05) is 7.05 Å². The summed E-state index contributed by atoms with van der Waals surface area (Å²) in [6.45, 7) is 3.58. The molecule has 2 aromatic heterocycles. The molecule has 1 aliphatic heterocycles. The second-order valence-corrected chi connectivity index (χ2v) is 5.38. The highest BCUT2D eigenvalue weighted by atomic mass is 16.5. The number of nitrogen functional groups attached to an aromatic ring is 1. The summed E-state index contributed by atoms with van der Waals surface area (Å²) in [4.78, 5) is 11.2. The van der Waals surface area contributed by atoms with Gasteiger partial charge in [0, 0.05) is 19.7 Å². The number of ether oxygens (including phenoxy) is 1. The molecule has 2 atom stereocenters. The maximum atomic E-state index is 5.98. The quantitative estimate of drug-likeness (QED) is 0.882. The lowest BCUT2D eigenvalue weighted by Gasteiger charge is -2.25. The van der Waals surface area contributed by atoms with Gasteiger partial charge in [-0.25, -0.2) is 9.97 Å². The number of fused-ring (bicyclic) bond motifs is 1. The van der Waals surface area contributed by atoms with Crippen LogP contribution in [0.25, 0.3) is 11.0 Å². The minimum Gasteiger partial charge on any atom is -0.383 e. The molecule has 108 valence electrons. The number of hydrogen-bond donors (Lipinski definition) is 1. The molecule has 0 spiro atoms. The van der Waals surface area contributed by atoms with Crippen LogP contribution in [0.5, 0.6) is 0 Å². The fourth-order valence-electron chi connectivity index (χ4n) is 2.80. The summed E-state index contributed by atoms with van der Waals surface area (Å²) in [5.74, 6) is 1.21. The smallest absolute Gasteiger partial charge is 0.163 e. The van der Waals surface area contributed by atoms with Gasteiger partial charge >= 0.3 is 0 Å². The third-order valence-electron chi connectivity index (χ3n) is 3.96. The van der Waals surface area contributed by atoms with E-state index < -0.39 is 0 Å². The summed E-state index contributed by atoms with van der Waals surface area (Å²) in [6, 6.07) is 0.405. The van der Waals surface area contributed by atoms with Crippen LogP contribution in [-0.4, -0.2) is 50.4 Å². The third-order valence-corrected chi connectivity index (χ3v) is 3.96. The normalized spacial score (nSPS) is 23.0. The van der Waals surface area contributed by atoms with Gasteiger partial charge in [0.05, 0.1) is 24.2 Å². The van der Waals surface area contributed by atoms with Gasteiger partial charge in [-0.15, -0.1) is 0 Å². The third kappa shape index (κ3) is 2.23. The highest BCUT2D eigenvalue weighted by Gasteiger charge is 2.28. The first-order valence-corrected chi connectivity index (χ1v) is 6.82. The van der Waals surface area contributed by atoms with Crippen molar-refractivity contribution in [2.45, 2.75) is 32.0 Å². The van der Waals surface area contributed by atoms with Crippen LogP contribution in [0, 0.1) is 0 Å². The van der Waals surface area contributed by atoms with Crippen LogP contribution in [0.15, 0.2) is 6.20 Å². The van der Waals surface area contributed by atoms with Crippen molar-refractivity contribution in [3.8, 4) is 0 Å². The van der Waals surface area contributed by atoms with Gasteiger partial charge in [0.1, 0.15) is 11.6 Å². The van der Waals surface area contributed by atoms with E-state index in [9.17, 15) is 0 Å². The number of rotatable bonds is 3. The topological polar surface area (TPSA) is 82.1 Å². The van der Waals surface area contributed by atoms with Crippen LogP contribution in [0.2, 0.25) is 0 Å². The Morgan fingerprint density at radius 1 is 1.50 bits per heavy atom. The van der Waals surface area contributed by atoms with E-state index in [1.165, 1.54) is 0 Å². The maximum Gasteiger partial charge on any atom is 0.163 e. The zero-order valence-electron chi connectivity index (χ0n) is 12.1. The number of likely N-dealkylation sites (N-methyl/N-ethyl adjacent to an activating group) is 1. The molecule has 0 aromatic carbocycles. The van der Waals surface area contributed by atoms with Crippen LogP contribution in [0.1, 0.15) is 19.2 Å². The Kier molecular flexibility index (Phi) is 3.31. The van der Waals surface area contributed by atoms with E-state index in [0.717, 1.165) is 29.9 Å². The summed E-state index contributed by atoms with van der Waals surface area (Å²) >= 11 is 0. The average molecular weight is 276 g/mol. The van der Waals surface area contributed by atoms with Gasteiger partial charge in [-0.2, -0.15) is 5.10 Å². The van der Waals surface area contributed by atoms with E-state index in [0.29, 0.717) is 18.4 Å². The number of aromatic nitrogens is 4. The summed E-state index contributed by atoms with van der Waals surface area (Å²) in [5.41, 5.74) is 6.75. The van der Waals surface area contributed by atoms with Crippen LogP contribution >= 0.6 is 0 Å². The van der Waals surface area contributed by atoms with Crippen LogP contribution in [0.3, 0.4) is 0 Å². The molecule has 1 saturated heterocycles. The van der Waals surface area contributed by atoms with E-state index in [4.69, 9.17) is 10.5 Å². The largest absolute Gasteiger partial charge is 0.383 e. The molecule has 1 aliphatic rings. The molecule has 0 radical (unpaired) electrons. The molecule has 7 nitrogen and oxygen atoms in total. The molecule has 0 bridgehead atoms. The van der Waals surface area contributed by atoms with E-state index in [2.05, 4.69) is 33.9 Å². The lowest BCUT2D eigenvalue weighted by atomic mass is 10.1. The van der Waals surface area contributed by atoms with Crippen molar-refractivity contribution in [3.05, 3.63) is 12.0 Å². The minimum atomic E-state index is 0.248. The average Bonchev–Trinajstić information content (AvgIpc) is 2.97. The molecule has 3 heterocycles. The van der Waals surface area contributed by atoms with Crippen molar-refractivity contribution >= 4 is 16.9 Å². The van der Waals surface area contributed by atoms with Gasteiger partial charge in [0.2, 0.25) is 0 Å². The van der Waals surface area contributed by atoms with Gasteiger partial charge in [-0.05, 0) is 20.4 Å². The Balaban J connectivity index is 1.85. The molecule has 1 fully saturated rings. The summed E-state index contributed by atoms with van der Waals surface area (Å²) in [5, 5.41) is 4.97. The number of hydrogen-bond acceptors (Lipinski definition) is 6. The standard InChI is InChI=1S/C13H20N6O/c1-8-10(4-5-20-8)18(2)7-11-16-12(14)9-6-15-19(3)13(9)17-11/h6,8,10H,4-5,7H2,1-3H3,(H2,14,16,17). The zero-order chi connectivity index (χ0) is 14.3. The zero-order valence-corrected chi connectivity index (χ0v) is 12.1. The van der Waals surface area contributed by atoms with Crippen LogP contribution in [-0.2, 0) is 18.3 Å². The highest BCUT2D eigenvalue weighted by Crippen LogP contribution is 2.21. The van der Waals surface area contributed by atoms with Gasteiger partial charge in [-0.1, -0.05) is 0 Å². The number of aryl methyl sites for hydroxylation is 1. The van der Waals surface area contributed by atoms with Crippen molar-refractivity contribution in [2.24, 2.45) is 7.05 Å². The molecule has 0 amide bonds. The van der Waals surface area contributed by atoms with Crippen molar-refractivity contribution in [1.29, 1.82) is 0 Å². The summed E-state index contributed by atoms with van der Waals surface area (Å²) in [6.07, 6.45) is 2.99. The monoisotopic (exact) mass is 276 g/mol. The second kappa shape index (κ2) is 4.99. The Morgan fingerprint density at radius 2 is 2.30 bits per heavy atom. The fraction of sp³-hybridized carbons (Fsp3) is 0.615. The van der Waals surface area contributed by atoms with Gasteiger partial charge in [-0.3, -0.25) is 9.58 Å². The Hall–Kier alpha value is -1.73. The molecule has 7 heteroatoms. The lowest BCUT2D eigenvalue weighted by Crippen LogP contribution is -2.36. The Bertz CT molecular complexity index is 625. The number of nitrogens with two attached hydrogens (primary N) is 1. The predicted octanol–water partition coefficient (Wildman–Crippen LogP) is 0.555. The van der Waals surface area contributed by atoms with Crippen LogP contribution < -0.4 is 5.73 Å². The van der Waals surface area contributed by atoms with Crippen molar-refractivity contribution in [2.75, 3.05) is 19.4 Å². The molecule has 0 aliphatic carbocycles. The van der Waals surface area contributed by atoms with Crippen LogP contribution in [0.4, 0.5) is 5.82 Å². The first-order valence-electron chi connectivity index (χ1n) is 6.82. The van der Waals surface area contributed by atoms with Gasteiger partial charge in [0.25, 0.3) is 0 Å². The molecule has 0 saturated carbocycles. The fourth-order valence-corrected chi connectivity index (χ4v) is 2.80. The number of nitrogens with zero attached hydrogens (tertiary/aromatic N) is 5. The predicted molar refractivity (Wildman–Crippen MR) is 76.0 cm³/mol. The van der Waals surface area contributed by atoms with Crippen molar-refractivity contribution in [3.63, 3.8) is 0 Å². The molecule has 2 N–H and O–H groups in total. The molecule has 20 heavy (non-hydrogen) atoms. The van der Waals surface area contributed by atoms with Crippen molar-refractivity contribution in [1.82, 2.24) is 24.6 Å². The molecule has 2 unspecified atom stereocenters. The van der Waals surface area contributed by atoms with Gasteiger partial charge < -0.3 is 10.5 Å². The molecular weight excluding hydrogens is 256 g/mol. The first-order chi connectivity index (χ1) is 9.56. The highest BCUT2D eigenvalue weighted by molar-refractivity contribution is 5.84. The van der Waals surface area contributed by atoms with Gasteiger partial charge in [0.15, 0.2) is 5.65 Å². The lowest BCUT2D eigenvalue weighted by molar-refractivity contribution is 0.0806. The van der Waals surface area contributed by atoms with Crippen molar-refractivity contribution < 1.29 is 4.74 Å². The SMILES string of the molecule is CC1OCCC1N(C)Cc1nc(N)c2cnn(C)c2n1. The Labute approximate surface area is 117 Å². The second-order valence-electron chi connectivity index (χ2n) is 5.38. The first kappa shape index (κ1) is 13.3. The summed E-state index contributed by atoms with van der Waals surface area (Å²) < 4.78 is 7.32. The molecular formula is C13H20N6O. The molecule has 2 aromatic rings. The minimum absolute atomic E-state index is 0.248. The maximum absolute atomic E-state index is 5.98. The Morgan fingerprint density at radius 3 is 3.00 bits per heavy atom. The molecule has 3 rings (SSSR count). The van der Waals surface area contributed by atoms with E-state index in [-0.39, 0.29) is 6.10 Å². The number of anilines is 1. The summed E-state index contributed by atoms with van der Waals surface area (Å²) in [7, 11) is 3.93. The van der Waals surface area contributed by atoms with E-state index in [1.54, 1.807) is 10.9 Å².